The molecule has 8 heteroatoms. The number of fused-ring (bicyclic) bond motifs is 3. The molecule has 8 nitrogen and oxygen atoms in total. The summed E-state index contributed by atoms with van der Waals surface area (Å²) in [6, 6.07) is 13.2. The summed E-state index contributed by atoms with van der Waals surface area (Å²) in [7, 11) is 4.54. The number of Topliss-reactive ketones (excluding diaryl/α,β-unsaturated/α-hetero) is 1. The number of hydrogen-bond acceptors (Lipinski definition) is 8. The van der Waals surface area contributed by atoms with Gasteiger partial charge in [0.15, 0.2) is 17.3 Å². The van der Waals surface area contributed by atoms with Crippen molar-refractivity contribution >= 4 is 17.8 Å². The van der Waals surface area contributed by atoms with Crippen LogP contribution in [0.1, 0.15) is 39.4 Å². The molecular weight excluding hydrogens is 452 g/mol. The number of aromatic hydroxyl groups is 1. The first-order chi connectivity index (χ1) is 16.9. The van der Waals surface area contributed by atoms with Crippen LogP contribution in [0.15, 0.2) is 54.3 Å². The normalized spacial score (nSPS) is 17.3. The summed E-state index contributed by atoms with van der Waals surface area (Å²) in [5, 5.41) is 9.68. The molecule has 1 atom stereocenters. The molecule has 0 fully saturated rings. The van der Waals surface area contributed by atoms with Crippen molar-refractivity contribution in [1.82, 2.24) is 0 Å². The topological polar surface area (TPSA) is 101 Å². The van der Waals surface area contributed by atoms with Gasteiger partial charge in [0.25, 0.3) is 0 Å². The molecule has 0 bridgehead atoms. The Morgan fingerprint density at radius 3 is 2.23 bits per heavy atom. The molecule has 0 radical (unpaired) electrons. The van der Waals surface area contributed by atoms with Crippen molar-refractivity contribution in [3.05, 3.63) is 76.5 Å². The molecule has 2 aliphatic heterocycles. The lowest BCUT2D eigenvalue weighted by molar-refractivity contribution is -0.135. The van der Waals surface area contributed by atoms with E-state index in [1.165, 1.54) is 21.3 Å². The van der Waals surface area contributed by atoms with Crippen LogP contribution in [0, 0.1) is 0 Å². The molecule has 178 valence electrons. The molecule has 0 amide bonds. The third-order valence-corrected chi connectivity index (χ3v) is 6.06. The van der Waals surface area contributed by atoms with Crippen LogP contribution in [0.5, 0.6) is 34.5 Å². The summed E-state index contributed by atoms with van der Waals surface area (Å²) in [6.45, 7) is 0. The smallest absolute Gasteiger partial charge is 0.312 e. The molecule has 0 saturated carbocycles. The number of carbonyl (C=O) groups excluding carboxylic acids is 2. The van der Waals surface area contributed by atoms with E-state index in [0.29, 0.717) is 45.4 Å². The summed E-state index contributed by atoms with van der Waals surface area (Å²) in [5.41, 5.74) is 2.41. The van der Waals surface area contributed by atoms with E-state index < -0.39 is 5.92 Å². The Balaban J connectivity index is 1.59. The first kappa shape index (κ1) is 22.3. The van der Waals surface area contributed by atoms with Crippen molar-refractivity contribution in [2.24, 2.45) is 0 Å². The Kier molecular flexibility index (Phi) is 5.56. The van der Waals surface area contributed by atoms with E-state index in [4.69, 9.17) is 23.7 Å². The number of hydrogen-bond donors (Lipinski definition) is 1. The van der Waals surface area contributed by atoms with E-state index in [-0.39, 0.29) is 29.7 Å². The SMILES string of the molecule is COc1cc(/C=C2\Oc3c(ccc4c3[C@@H](c3ccc(O)cc3)CC(=O)O4)C2=O)cc(OC)c1OC. The fourth-order valence-electron chi connectivity index (χ4n) is 4.43. The van der Waals surface area contributed by atoms with Gasteiger partial charge in [-0.15, -0.1) is 0 Å². The Morgan fingerprint density at radius 1 is 0.914 bits per heavy atom. The van der Waals surface area contributed by atoms with Gasteiger partial charge in [0, 0.05) is 11.5 Å². The van der Waals surface area contributed by atoms with Crippen LogP contribution in [0.25, 0.3) is 6.08 Å². The van der Waals surface area contributed by atoms with Gasteiger partial charge in [-0.3, -0.25) is 9.59 Å². The molecule has 0 aromatic heterocycles. The highest BCUT2D eigenvalue weighted by molar-refractivity contribution is 6.15. The summed E-state index contributed by atoms with van der Waals surface area (Å²) in [4.78, 5) is 25.5. The van der Waals surface area contributed by atoms with E-state index in [0.717, 1.165) is 5.56 Å². The van der Waals surface area contributed by atoms with Gasteiger partial charge >= 0.3 is 5.97 Å². The molecule has 5 rings (SSSR count). The summed E-state index contributed by atoms with van der Waals surface area (Å²) < 4.78 is 27.7. The van der Waals surface area contributed by atoms with E-state index >= 15 is 0 Å². The van der Waals surface area contributed by atoms with Crippen LogP contribution in [0.2, 0.25) is 0 Å². The predicted molar refractivity (Wildman–Crippen MR) is 126 cm³/mol. The summed E-state index contributed by atoms with van der Waals surface area (Å²) in [6.07, 6.45) is 1.68. The monoisotopic (exact) mass is 474 g/mol. The van der Waals surface area contributed by atoms with Crippen molar-refractivity contribution in [1.29, 1.82) is 0 Å². The maximum absolute atomic E-state index is 13.2. The molecule has 3 aromatic carbocycles. The fraction of sp³-hybridized carbons (Fsp3) is 0.185. The molecule has 3 aromatic rings. The number of phenols is 1. The molecule has 2 heterocycles. The lowest BCUT2D eigenvalue weighted by Gasteiger charge is -2.26. The molecular formula is C27H22O8. The van der Waals surface area contributed by atoms with Gasteiger partial charge in [-0.2, -0.15) is 0 Å². The van der Waals surface area contributed by atoms with Crippen LogP contribution >= 0.6 is 0 Å². The lowest BCUT2D eigenvalue weighted by atomic mass is 9.84. The lowest BCUT2D eigenvalue weighted by Crippen LogP contribution is -2.21. The van der Waals surface area contributed by atoms with E-state index in [9.17, 15) is 14.7 Å². The zero-order chi connectivity index (χ0) is 24.7. The Bertz CT molecular complexity index is 1350. The predicted octanol–water partition coefficient (Wildman–Crippen LogP) is 4.48. The van der Waals surface area contributed by atoms with Gasteiger partial charge in [-0.05, 0) is 53.6 Å². The minimum atomic E-state index is -0.393. The largest absolute Gasteiger partial charge is 0.508 e. The summed E-state index contributed by atoms with van der Waals surface area (Å²) >= 11 is 0. The highest BCUT2D eigenvalue weighted by Crippen LogP contribution is 2.49. The molecule has 0 saturated heterocycles. The minimum Gasteiger partial charge on any atom is -0.508 e. The van der Waals surface area contributed by atoms with Crippen LogP contribution in [-0.4, -0.2) is 38.2 Å². The number of allylic oxidation sites excluding steroid dienone is 1. The highest BCUT2D eigenvalue weighted by atomic mass is 16.5. The quantitative estimate of drug-likeness (QED) is 0.328. The van der Waals surface area contributed by atoms with Crippen molar-refractivity contribution < 1.29 is 38.4 Å². The average molecular weight is 474 g/mol. The highest BCUT2D eigenvalue weighted by Gasteiger charge is 2.38. The average Bonchev–Trinajstić information content (AvgIpc) is 3.18. The molecule has 0 unspecified atom stereocenters. The molecule has 0 aliphatic carbocycles. The zero-order valence-electron chi connectivity index (χ0n) is 19.3. The molecule has 35 heavy (non-hydrogen) atoms. The molecule has 0 spiro atoms. The maximum atomic E-state index is 13.2. The second-order valence-electron chi connectivity index (χ2n) is 8.07. The van der Waals surface area contributed by atoms with Crippen molar-refractivity contribution in [2.75, 3.05) is 21.3 Å². The second kappa shape index (κ2) is 8.72. The number of esters is 1. The van der Waals surface area contributed by atoms with Crippen molar-refractivity contribution in [2.45, 2.75) is 12.3 Å². The van der Waals surface area contributed by atoms with Gasteiger partial charge in [0.1, 0.15) is 17.2 Å². The number of ketones is 1. The van der Waals surface area contributed by atoms with Crippen LogP contribution in [0.4, 0.5) is 0 Å². The standard InChI is InChI=1S/C27H22O8/c1-31-21-11-14(12-22(32-2)27(21)33-3)10-20-25(30)17-8-9-19-24(26(17)35-20)18(13-23(29)34-19)15-4-6-16(28)7-5-15/h4-12,18,28H,13H2,1-3H3/b20-10-/t18-/m1/s1. The van der Waals surface area contributed by atoms with Gasteiger partial charge in [-0.1, -0.05) is 12.1 Å². The first-order valence-electron chi connectivity index (χ1n) is 10.8. The van der Waals surface area contributed by atoms with Gasteiger partial charge in [-0.25, -0.2) is 0 Å². The van der Waals surface area contributed by atoms with Crippen molar-refractivity contribution in [3.8, 4) is 34.5 Å². The van der Waals surface area contributed by atoms with Gasteiger partial charge < -0.3 is 28.8 Å². The van der Waals surface area contributed by atoms with Crippen molar-refractivity contribution in [3.63, 3.8) is 0 Å². The number of benzene rings is 3. The molecule has 2 aliphatic rings. The molecule has 1 N–H and O–H groups in total. The zero-order valence-corrected chi connectivity index (χ0v) is 19.3. The fourth-order valence-corrected chi connectivity index (χ4v) is 4.43. The number of phenolic OH excluding ortho intramolecular Hbond substituents is 1. The Morgan fingerprint density at radius 2 is 1.60 bits per heavy atom. The van der Waals surface area contributed by atoms with Crippen LogP contribution < -0.4 is 23.7 Å². The number of carbonyl (C=O) groups is 2. The van der Waals surface area contributed by atoms with E-state index in [1.807, 2.05) is 0 Å². The van der Waals surface area contributed by atoms with E-state index in [1.54, 1.807) is 54.6 Å². The Labute approximate surface area is 201 Å². The second-order valence-corrected chi connectivity index (χ2v) is 8.07. The van der Waals surface area contributed by atoms with Gasteiger partial charge in [0.05, 0.1) is 33.3 Å². The third kappa shape index (κ3) is 3.82. The van der Waals surface area contributed by atoms with Crippen LogP contribution in [0.3, 0.4) is 0 Å². The van der Waals surface area contributed by atoms with Crippen LogP contribution in [-0.2, 0) is 4.79 Å². The first-order valence-corrected chi connectivity index (χ1v) is 10.8. The Hall–Kier alpha value is -4.46. The third-order valence-electron chi connectivity index (χ3n) is 6.06. The summed E-state index contributed by atoms with van der Waals surface area (Å²) in [5.74, 6) is 1.19. The number of methoxy groups -OCH3 is 3. The minimum absolute atomic E-state index is 0.0811. The van der Waals surface area contributed by atoms with E-state index in [2.05, 4.69) is 0 Å². The number of ether oxygens (including phenoxy) is 5. The number of rotatable bonds is 5. The van der Waals surface area contributed by atoms with Gasteiger partial charge in [0.2, 0.25) is 11.5 Å². The maximum Gasteiger partial charge on any atom is 0.312 e.